The third-order valence-electron chi connectivity index (χ3n) is 7.53. The highest BCUT2D eigenvalue weighted by molar-refractivity contribution is 8.27. The highest BCUT2D eigenvalue weighted by Gasteiger charge is 2.28. The number of fused-ring (bicyclic) bond motifs is 1. The molecular weight excluding hydrogens is 629 g/mol. The first-order valence-electron chi connectivity index (χ1n) is 14.4. The van der Waals surface area contributed by atoms with Gasteiger partial charge >= 0.3 is 5.97 Å². The first-order chi connectivity index (χ1) is 21.8. The van der Waals surface area contributed by atoms with Gasteiger partial charge < -0.3 is 25.2 Å². The van der Waals surface area contributed by atoms with Gasteiger partial charge in [-0.2, -0.15) is 0 Å². The van der Waals surface area contributed by atoms with Gasteiger partial charge in [0, 0.05) is 43.5 Å². The van der Waals surface area contributed by atoms with E-state index >= 15 is 0 Å². The van der Waals surface area contributed by atoms with Crippen molar-refractivity contribution < 1.29 is 19.4 Å². The van der Waals surface area contributed by atoms with Gasteiger partial charge in [-0.25, -0.2) is 14.8 Å². The highest BCUT2D eigenvalue weighted by Crippen LogP contribution is 2.37. The molecule has 0 amide bonds. The van der Waals surface area contributed by atoms with E-state index in [0.29, 0.717) is 39.9 Å². The van der Waals surface area contributed by atoms with Crippen molar-refractivity contribution in [1.29, 1.82) is 0 Å². The van der Waals surface area contributed by atoms with Crippen LogP contribution in [0.5, 0.6) is 5.75 Å². The number of carboxylic acids is 1. The maximum atomic E-state index is 11.2. The summed E-state index contributed by atoms with van der Waals surface area (Å²) < 4.78 is 12.5. The van der Waals surface area contributed by atoms with Gasteiger partial charge in [0.25, 0.3) is 0 Å². The van der Waals surface area contributed by atoms with Crippen LogP contribution in [0.3, 0.4) is 0 Å². The molecule has 0 bridgehead atoms. The van der Waals surface area contributed by atoms with E-state index in [2.05, 4.69) is 25.9 Å². The molecule has 45 heavy (non-hydrogen) atoms. The second-order valence-corrected chi connectivity index (χ2v) is 12.6. The van der Waals surface area contributed by atoms with Crippen molar-refractivity contribution in [3.63, 3.8) is 0 Å². The van der Waals surface area contributed by atoms with Gasteiger partial charge in [-0.3, -0.25) is 9.88 Å². The van der Waals surface area contributed by atoms with Gasteiger partial charge in [0.1, 0.15) is 27.2 Å². The number of thiocarbonyl (C=S) groups is 2. The van der Waals surface area contributed by atoms with Crippen molar-refractivity contribution in [3.8, 4) is 16.9 Å². The maximum absolute atomic E-state index is 11.2. The molecule has 0 unspecified atom stereocenters. The number of hydrogen-bond acceptors (Lipinski definition) is 11. The van der Waals surface area contributed by atoms with E-state index in [1.54, 1.807) is 24.5 Å². The number of hydrogen-bond donors (Lipinski definition) is 2. The number of nitrogens with zero attached hydrogens (tertiary/aromatic N) is 5. The Morgan fingerprint density at radius 3 is 2.62 bits per heavy atom. The first-order valence-corrected chi connectivity index (χ1v) is 16.0. The van der Waals surface area contributed by atoms with E-state index in [4.69, 9.17) is 44.7 Å². The molecule has 13 heteroatoms. The Balaban J connectivity index is 1.23. The highest BCUT2D eigenvalue weighted by atomic mass is 32.2. The smallest absolute Gasteiger partial charge is 0.335 e. The average Bonchev–Trinajstić information content (AvgIpc) is 3.31. The van der Waals surface area contributed by atoms with E-state index in [1.165, 1.54) is 11.8 Å². The summed E-state index contributed by atoms with van der Waals surface area (Å²) in [6.45, 7) is 5.20. The molecule has 10 nitrogen and oxygen atoms in total. The summed E-state index contributed by atoms with van der Waals surface area (Å²) in [6.07, 6.45) is 6.12. The zero-order chi connectivity index (χ0) is 31.3. The van der Waals surface area contributed by atoms with E-state index < -0.39 is 5.97 Å². The van der Waals surface area contributed by atoms with Gasteiger partial charge in [0.2, 0.25) is 5.95 Å². The Labute approximate surface area is 275 Å². The number of rotatable bonds is 10. The molecule has 2 aromatic carbocycles. The number of nitrogens with two attached hydrogens (primary N) is 1. The SMILES string of the molecule is Nc1ncc2ncc(-c3cc(C=C4SC(=S)N(CCc5ccc(C(=O)O)cc5)C4=S)ccc3OCCN3CCOCC3)cc2n1. The fourth-order valence-electron chi connectivity index (χ4n) is 5.08. The normalized spacial score (nSPS) is 16.5. The predicted octanol–water partition coefficient (Wildman–Crippen LogP) is 4.93. The predicted molar refractivity (Wildman–Crippen MR) is 185 cm³/mol. The molecule has 2 aliphatic heterocycles. The lowest BCUT2D eigenvalue weighted by molar-refractivity contribution is 0.0323. The number of nitrogen functional groups attached to an aromatic ring is 1. The van der Waals surface area contributed by atoms with Crippen LogP contribution in [-0.4, -0.2) is 91.1 Å². The number of aromatic carboxylic acids is 1. The first kappa shape index (κ1) is 31.0. The zero-order valence-corrected chi connectivity index (χ0v) is 26.7. The van der Waals surface area contributed by atoms with E-state index in [0.717, 1.165) is 65.8 Å². The topological polar surface area (TPSA) is 127 Å². The second kappa shape index (κ2) is 14.0. The Hall–Kier alpha value is -4.01. The van der Waals surface area contributed by atoms with Crippen molar-refractivity contribution in [2.75, 3.05) is 51.7 Å². The van der Waals surface area contributed by atoms with Gasteiger partial charge in [-0.05, 0) is 54.0 Å². The van der Waals surface area contributed by atoms with Gasteiger partial charge in [-0.15, -0.1) is 0 Å². The van der Waals surface area contributed by atoms with Crippen LogP contribution in [0.1, 0.15) is 21.5 Å². The molecule has 2 aliphatic rings. The zero-order valence-electron chi connectivity index (χ0n) is 24.2. The number of aromatic nitrogens is 3. The van der Waals surface area contributed by atoms with Crippen molar-refractivity contribution >= 4 is 74.5 Å². The van der Waals surface area contributed by atoms with Crippen LogP contribution >= 0.6 is 36.2 Å². The molecule has 2 aromatic heterocycles. The summed E-state index contributed by atoms with van der Waals surface area (Å²) in [5.41, 5.74) is 11.1. The van der Waals surface area contributed by atoms with E-state index in [-0.39, 0.29) is 11.5 Å². The summed E-state index contributed by atoms with van der Waals surface area (Å²) in [6, 6.07) is 14.8. The van der Waals surface area contributed by atoms with Crippen molar-refractivity contribution in [2.24, 2.45) is 0 Å². The van der Waals surface area contributed by atoms with Crippen LogP contribution in [0.25, 0.3) is 28.2 Å². The summed E-state index contributed by atoms with van der Waals surface area (Å²) >= 11 is 13.0. The Kier molecular flexibility index (Phi) is 9.61. The summed E-state index contributed by atoms with van der Waals surface area (Å²) in [5, 5.41) is 9.16. The third-order valence-corrected chi connectivity index (χ3v) is 9.50. The Morgan fingerprint density at radius 1 is 1.04 bits per heavy atom. The molecule has 0 radical (unpaired) electrons. The molecule has 0 saturated carbocycles. The fraction of sp³-hybridized carbons (Fsp3) is 0.250. The van der Waals surface area contributed by atoms with Crippen LogP contribution in [0.15, 0.2) is 65.8 Å². The standard InChI is InChI=1S/C32H30N6O4S3/c33-31-35-19-26-25(36-31)17-23(18-34-26)24-15-21(3-6-27(24)42-14-11-37-9-12-41-13-10-37)16-28-29(43)38(32(44)45-28)8-7-20-1-4-22(5-2-20)30(39)40/h1-6,15-19H,7-14H2,(H,39,40)(H2,33,35,36). The van der Waals surface area contributed by atoms with Crippen LogP contribution in [0.4, 0.5) is 5.95 Å². The summed E-state index contributed by atoms with van der Waals surface area (Å²) in [7, 11) is 0. The lowest BCUT2D eigenvalue weighted by atomic mass is 10.0. The molecule has 0 atom stereocenters. The number of carbonyl (C=O) groups is 1. The molecule has 2 saturated heterocycles. The Morgan fingerprint density at radius 2 is 1.84 bits per heavy atom. The number of thioether (sulfide) groups is 1. The van der Waals surface area contributed by atoms with Crippen molar-refractivity contribution in [2.45, 2.75) is 6.42 Å². The van der Waals surface area contributed by atoms with E-state index in [9.17, 15) is 4.79 Å². The number of ether oxygens (including phenoxy) is 2. The number of morpholine rings is 1. The Bertz CT molecular complexity index is 1790. The molecular formula is C32H30N6O4S3. The third kappa shape index (κ3) is 7.45. The molecule has 3 N–H and O–H groups in total. The molecule has 0 spiro atoms. The fourth-order valence-corrected chi connectivity index (χ4v) is 6.88. The largest absolute Gasteiger partial charge is 0.492 e. The molecule has 4 aromatic rings. The lowest BCUT2D eigenvalue weighted by Crippen LogP contribution is -2.38. The number of anilines is 1. The number of benzene rings is 2. The molecule has 230 valence electrons. The molecule has 0 aliphatic carbocycles. The monoisotopic (exact) mass is 658 g/mol. The van der Waals surface area contributed by atoms with Gasteiger partial charge in [0.15, 0.2) is 0 Å². The van der Waals surface area contributed by atoms with Crippen LogP contribution in [-0.2, 0) is 11.2 Å². The van der Waals surface area contributed by atoms with Crippen molar-refractivity contribution in [3.05, 3.63) is 82.5 Å². The summed E-state index contributed by atoms with van der Waals surface area (Å²) in [4.78, 5) is 30.0. The number of pyridine rings is 1. The van der Waals surface area contributed by atoms with Crippen molar-refractivity contribution in [1.82, 2.24) is 24.8 Å². The van der Waals surface area contributed by atoms with Crippen LogP contribution in [0.2, 0.25) is 0 Å². The minimum Gasteiger partial charge on any atom is -0.492 e. The molecule has 2 fully saturated rings. The quantitative estimate of drug-likeness (QED) is 0.177. The lowest BCUT2D eigenvalue weighted by Gasteiger charge is -2.26. The minimum atomic E-state index is -0.944. The van der Waals surface area contributed by atoms with Gasteiger partial charge in [-0.1, -0.05) is 54.4 Å². The minimum absolute atomic E-state index is 0.187. The van der Waals surface area contributed by atoms with Crippen LogP contribution in [0, 0.1) is 0 Å². The number of carboxylic acid groups (broad SMARTS) is 1. The molecule has 6 rings (SSSR count). The van der Waals surface area contributed by atoms with E-state index in [1.807, 2.05) is 41.3 Å². The maximum Gasteiger partial charge on any atom is 0.335 e. The van der Waals surface area contributed by atoms with Gasteiger partial charge in [0.05, 0.1) is 35.4 Å². The molecule has 4 heterocycles. The second-order valence-electron chi connectivity index (χ2n) is 10.5. The van der Waals surface area contributed by atoms with Crippen LogP contribution < -0.4 is 10.5 Å². The average molecular weight is 659 g/mol. The summed E-state index contributed by atoms with van der Waals surface area (Å²) in [5.74, 6) is -0.0197.